The molecule has 27 heavy (non-hydrogen) atoms. The maximum atomic E-state index is 12.4. The second-order valence-electron chi connectivity index (χ2n) is 6.16. The lowest BCUT2D eigenvalue weighted by Crippen LogP contribution is -2.25. The first-order valence-electron chi connectivity index (χ1n) is 8.34. The molecule has 1 aromatic carbocycles. The van der Waals surface area contributed by atoms with Crippen LogP contribution >= 0.6 is 0 Å². The van der Waals surface area contributed by atoms with Gasteiger partial charge in [-0.3, -0.25) is 4.79 Å². The summed E-state index contributed by atoms with van der Waals surface area (Å²) >= 11 is 0. The topological polar surface area (TPSA) is 142 Å². The third-order valence-corrected chi connectivity index (χ3v) is 4.45. The number of H-pyrrole nitrogens is 1. The molecule has 4 rings (SSSR count). The Morgan fingerprint density at radius 3 is 2.81 bits per heavy atom. The number of carbonyl (C=O) groups is 1. The molecule has 0 bridgehead atoms. The Morgan fingerprint density at radius 2 is 2.11 bits per heavy atom. The van der Waals surface area contributed by atoms with E-state index < -0.39 is 24.1 Å². The van der Waals surface area contributed by atoms with E-state index in [1.165, 1.54) is 10.9 Å². The normalized spacial score (nSPS) is 22.2. The number of aliphatic hydroxyl groups excluding tert-OH is 2. The lowest BCUT2D eigenvalue weighted by Gasteiger charge is -2.13. The highest BCUT2D eigenvalue weighted by atomic mass is 16.5. The number of aromatic amines is 1. The molecule has 3 heterocycles. The molecule has 140 valence electrons. The van der Waals surface area contributed by atoms with E-state index in [9.17, 15) is 19.8 Å². The van der Waals surface area contributed by atoms with E-state index in [4.69, 9.17) is 4.74 Å². The summed E-state index contributed by atoms with van der Waals surface area (Å²) in [5.41, 5.74) is 0.405. The number of anilines is 1. The summed E-state index contributed by atoms with van der Waals surface area (Å²) in [5.74, 6) is -0.223. The van der Waals surface area contributed by atoms with Crippen molar-refractivity contribution in [1.29, 1.82) is 0 Å². The first kappa shape index (κ1) is 17.3. The molecule has 0 radical (unpaired) electrons. The molecule has 0 unspecified atom stereocenters. The number of rotatable bonds is 4. The molecule has 2 aromatic heterocycles. The van der Waals surface area contributed by atoms with Crippen molar-refractivity contribution in [3.8, 4) is 0 Å². The van der Waals surface area contributed by atoms with Gasteiger partial charge in [0.15, 0.2) is 11.5 Å². The quantitative estimate of drug-likeness (QED) is 0.506. The Hall–Kier alpha value is -3.08. The van der Waals surface area contributed by atoms with Crippen LogP contribution in [-0.2, 0) is 4.74 Å². The van der Waals surface area contributed by atoms with Crippen molar-refractivity contribution in [3.63, 3.8) is 0 Å². The molecule has 1 aliphatic heterocycles. The van der Waals surface area contributed by atoms with Crippen LogP contribution in [0.15, 0.2) is 41.5 Å². The van der Waals surface area contributed by atoms with Crippen molar-refractivity contribution >= 4 is 22.9 Å². The second-order valence-corrected chi connectivity index (χ2v) is 6.16. The number of aromatic nitrogens is 4. The number of nitrogens with zero attached hydrogens (tertiary/aromatic N) is 3. The average molecular weight is 371 g/mol. The van der Waals surface area contributed by atoms with Crippen molar-refractivity contribution in [2.45, 2.75) is 24.9 Å². The lowest BCUT2D eigenvalue weighted by molar-refractivity contribution is -0.0441. The van der Waals surface area contributed by atoms with Gasteiger partial charge in [-0.05, 0) is 12.1 Å². The van der Waals surface area contributed by atoms with Crippen LogP contribution in [0.3, 0.4) is 0 Å². The van der Waals surface area contributed by atoms with E-state index >= 15 is 0 Å². The zero-order chi connectivity index (χ0) is 19.0. The predicted octanol–water partition coefficient (Wildman–Crippen LogP) is 0.0126. The van der Waals surface area contributed by atoms with Crippen molar-refractivity contribution in [2.75, 3.05) is 11.9 Å². The number of aliphatic hydroxyl groups is 2. The first-order chi connectivity index (χ1) is 13.1. The Labute approximate surface area is 152 Å². The van der Waals surface area contributed by atoms with Gasteiger partial charge in [-0.25, -0.2) is 19.3 Å². The minimum absolute atomic E-state index is 0.133. The molecule has 10 heteroatoms. The van der Waals surface area contributed by atoms with Gasteiger partial charge in [0.05, 0.1) is 12.7 Å². The van der Waals surface area contributed by atoms with E-state index in [1.54, 1.807) is 30.3 Å². The summed E-state index contributed by atoms with van der Waals surface area (Å²) in [7, 11) is 0. The summed E-state index contributed by atoms with van der Waals surface area (Å²) in [4.78, 5) is 35.6. The van der Waals surface area contributed by atoms with Gasteiger partial charge in [0, 0.05) is 12.0 Å². The number of ether oxygens (including phenoxy) is 1. The largest absolute Gasteiger partial charge is 0.394 e. The molecule has 1 amide bonds. The maximum Gasteiger partial charge on any atom is 0.329 e. The van der Waals surface area contributed by atoms with Gasteiger partial charge in [0.1, 0.15) is 24.2 Å². The van der Waals surface area contributed by atoms with Gasteiger partial charge >= 0.3 is 5.69 Å². The highest BCUT2D eigenvalue weighted by Gasteiger charge is 2.36. The van der Waals surface area contributed by atoms with Gasteiger partial charge in [0.2, 0.25) is 0 Å². The third-order valence-electron chi connectivity index (χ3n) is 4.45. The van der Waals surface area contributed by atoms with Crippen LogP contribution in [0.2, 0.25) is 0 Å². The van der Waals surface area contributed by atoms with Crippen molar-refractivity contribution in [1.82, 2.24) is 19.5 Å². The highest BCUT2D eigenvalue weighted by Crippen LogP contribution is 2.30. The molecule has 10 nitrogen and oxygen atoms in total. The van der Waals surface area contributed by atoms with E-state index in [2.05, 4.69) is 20.3 Å². The minimum Gasteiger partial charge on any atom is -0.394 e. The predicted molar refractivity (Wildman–Crippen MR) is 94.2 cm³/mol. The summed E-state index contributed by atoms with van der Waals surface area (Å²) in [5, 5.41) is 21.8. The molecule has 3 atom stereocenters. The van der Waals surface area contributed by atoms with E-state index in [-0.39, 0.29) is 35.9 Å². The van der Waals surface area contributed by atoms with Gasteiger partial charge < -0.3 is 25.3 Å². The summed E-state index contributed by atoms with van der Waals surface area (Å²) in [6.07, 6.45) is -1.09. The summed E-state index contributed by atoms with van der Waals surface area (Å²) in [6, 6.07) is 8.59. The molecule has 1 fully saturated rings. The zero-order valence-electron chi connectivity index (χ0n) is 14.1. The van der Waals surface area contributed by atoms with Crippen LogP contribution in [0, 0.1) is 0 Å². The molecule has 3 aromatic rings. The van der Waals surface area contributed by atoms with Gasteiger partial charge in [-0.1, -0.05) is 18.2 Å². The first-order valence-corrected chi connectivity index (χ1v) is 8.34. The number of benzene rings is 1. The fourth-order valence-electron chi connectivity index (χ4n) is 3.11. The van der Waals surface area contributed by atoms with Gasteiger partial charge in [-0.2, -0.15) is 0 Å². The number of nitrogens with one attached hydrogen (secondary N) is 2. The van der Waals surface area contributed by atoms with Gasteiger partial charge in [-0.15, -0.1) is 0 Å². The van der Waals surface area contributed by atoms with Crippen LogP contribution < -0.4 is 11.0 Å². The molecular formula is C17H17N5O5. The summed E-state index contributed by atoms with van der Waals surface area (Å²) < 4.78 is 6.79. The van der Waals surface area contributed by atoms with Crippen molar-refractivity contribution in [3.05, 3.63) is 52.7 Å². The molecule has 0 spiro atoms. The molecule has 0 aliphatic carbocycles. The SMILES string of the molecule is O=C(Nc1ncnc2c1[nH]c(=O)n2[C@@H]1C[C@@H](O)[C@H](CO)O1)c1ccccc1. The molecule has 4 N–H and O–H groups in total. The molecule has 1 saturated heterocycles. The lowest BCUT2D eigenvalue weighted by atomic mass is 10.2. The van der Waals surface area contributed by atoms with E-state index in [1.807, 2.05) is 0 Å². The zero-order valence-corrected chi connectivity index (χ0v) is 14.1. The minimum atomic E-state index is -0.893. The number of hydrogen-bond acceptors (Lipinski definition) is 7. The molecule has 0 saturated carbocycles. The standard InChI is InChI=1S/C17H17N5O5/c23-7-11-10(24)6-12(27-11)22-15-13(20-17(22)26)14(18-8-19-15)21-16(25)9-4-2-1-3-5-9/h1-5,8,10-12,23-24H,6-7H2,(H,20,26)(H,18,19,21,25)/t10-,11+,12+/m1/s1. The Balaban J connectivity index is 1.69. The monoisotopic (exact) mass is 371 g/mol. The Morgan fingerprint density at radius 1 is 1.33 bits per heavy atom. The fourth-order valence-corrected chi connectivity index (χ4v) is 3.11. The van der Waals surface area contributed by atoms with Crippen molar-refractivity contribution in [2.24, 2.45) is 0 Å². The fraction of sp³-hybridized carbons (Fsp3) is 0.294. The van der Waals surface area contributed by atoms with Crippen LogP contribution in [0.4, 0.5) is 5.82 Å². The van der Waals surface area contributed by atoms with E-state index in [0.717, 1.165) is 0 Å². The van der Waals surface area contributed by atoms with E-state index in [0.29, 0.717) is 5.56 Å². The molecular weight excluding hydrogens is 354 g/mol. The Bertz CT molecular complexity index is 1030. The van der Waals surface area contributed by atoms with Crippen LogP contribution in [0.1, 0.15) is 23.0 Å². The van der Waals surface area contributed by atoms with Gasteiger partial charge in [0.25, 0.3) is 5.91 Å². The molecule has 1 aliphatic rings. The summed E-state index contributed by atoms with van der Waals surface area (Å²) in [6.45, 7) is -0.359. The number of imidazole rings is 1. The number of fused-ring (bicyclic) bond motifs is 1. The van der Waals surface area contributed by atoms with Crippen molar-refractivity contribution < 1.29 is 19.7 Å². The third kappa shape index (κ3) is 3.10. The average Bonchev–Trinajstić information content (AvgIpc) is 3.21. The second kappa shape index (κ2) is 6.91. The number of hydrogen-bond donors (Lipinski definition) is 4. The number of amides is 1. The number of carbonyl (C=O) groups excluding carboxylic acids is 1. The Kier molecular flexibility index (Phi) is 4.44. The maximum absolute atomic E-state index is 12.4. The van der Waals surface area contributed by atoms with Crippen LogP contribution in [-0.4, -0.2) is 54.5 Å². The smallest absolute Gasteiger partial charge is 0.329 e. The highest BCUT2D eigenvalue weighted by molar-refractivity contribution is 6.06. The van der Waals surface area contributed by atoms with Crippen LogP contribution in [0.25, 0.3) is 11.2 Å². The van der Waals surface area contributed by atoms with Crippen LogP contribution in [0.5, 0.6) is 0 Å².